The van der Waals surface area contributed by atoms with E-state index in [1.54, 1.807) is 7.11 Å². The first kappa shape index (κ1) is 13.7. The van der Waals surface area contributed by atoms with Crippen LogP contribution < -0.4 is 15.0 Å². The van der Waals surface area contributed by atoms with Gasteiger partial charge in [-0.3, -0.25) is 4.79 Å². The summed E-state index contributed by atoms with van der Waals surface area (Å²) < 4.78 is 5.22. The van der Waals surface area contributed by atoms with Crippen LogP contribution in [0.25, 0.3) is 0 Å². The molecule has 0 aliphatic carbocycles. The summed E-state index contributed by atoms with van der Waals surface area (Å²) in [6, 6.07) is 8.00. The monoisotopic (exact) mass is 264 g/mol. The molecular formula is C14H20N2O3. The second kappa shape index (κ2) is 6.43. The van der Waals surface area contributed by atoms with E-state index >= 15 is 0 Å². The van der Waals surface area contributed by atoms with Crippen molar-refractivity contribution in [3.05, 3.63) is 24.3 Å². The van der Waals surface area contributed by atoms with Crippen LogP contribution in [0.2, 0.25) is 0 Å². The molecule has 1 atom stereocenters. The third-order valence-electron chi connectivity index (χ3n) is 3.44. The van der Waals surface area contributed by atoms with Crippen LogP contribution in [0, 0.1) is 5.92 Å². The predicted octanol–water partition coefficient (Wildman–Crippen LogP) is 0.630. The zero-order chi connectivity index (χ0) is 13.7. The number of hydrogen-bond donors (Lipinski definition) is 2. The molecule has 0 radical (unpaired) electrons. The number of aliphatic hydroxyl groups is 1. The maximum Gasteiger partial charge on any atom is 0.245 e. The molecule has 104 valence electrons. The lowest BCUT2D eigenvalue weighted by molar-refractivity contribution is -0.123. The first-order chi connectivity index (χ1) is 9.22. The van der Waals surface area contributed by atoms with Crippen molar-refractivity contribution in [1.29, 1.82) is 0 Å². The van der Waals surface area contributed by atoms with E-state index in [0.717, 1.165) is 30.9 Å². The number of amides is 1. The first-order valence-corrected chi connectivity index (χ1v) is 6.49. The molecule has 1 heterocycles. The van der Waals surface area contributed by atoms with Crippen LogP contribution in [0.4, 0.5) is 5.69 Å². The molecule has 0 aromatic heterocycles. The van der Waals surface area contributed by atoms with Crippen molar-refractivity contribution in [2.75, 3.05) is 38.3 Å². The minimum atomic E-state index is -0.438. The number of benzene rings is 1. The summed E-state index contributed by atoms with van der Waals surface area (Å²) in [6.07, 6.45) is 1.04. The Hall–Kier alpha value is -1.75. The number of methoxy groups -OCH3 is 1. The number of anilines is 1. The van der Waals surface area contributed by atoms with E-state index in [9.17, 15) is 4.79 Å². The van der Waals surface area contributed by atoms with Crippen LogP contribution in [0.3, 0.4) is 0 Å². The lowest BCUT2D eigenvalue weighted by Crippen LogP contribution is -2.32. The second-order valence-corrected chi connectivity index (χ2v) is 4.76. The van der Waals surface area contributed by atoms with Gasteiger partial charge in [0.05, 0.1) is 7.11 Å². The Kier molecular flexibility index (Phi) is 4.63. The van der Waals surface area contributed by atoms with Gasteiger partial charge >= 0.3 is 0 Å². The topological polar surface area (TPSA) is 61.8 Å². The fourth-order valence-electron chi connectivity index (χ4n) is 2.36. The first-order valence-electron chi connectivity index (χ1n) is 6.49. The lowest BCUT2D eigenvalue weighted by Gasteiger charge is -2.19. The molecule has 5 heteroatoms. The van der Waals surface area contributed by atoms with Crippen LogP contribution >= 0.6 is 0 Å². The van der Waals surface area contributed by atoms with Crippen LogP contribution in [-0.2, 0) is 4.79 Å². The van der Waals surface area contributed by atoms with Gasteiger partial charge in [-0.25, -0.2) is 0 Å². The fraction of sp³-hybridized carbons (Fsp3) is 0.500. The lowest BCUT2D eigenvalue weighted by atomic mass is 10.1. The van der Waals surface area contributed by atoms with Gasteiger partial charge in [-0.2, -0.15) is 0 Å². The Morgan fingerprint density at radius 1 is 1.58 bits per heavy atom. The maximum atomic E-state index is 11.0. The number of aliphatic hydroxyl groups excluding tert-OH is 1. The van der Waals surface area contributed by atoms with E-state index in [1.807, 2.05) is 18.2 Å². The number of nitrogens with zero attached hydrogens (tertiary/aromatic N) is 1. The van der Waals surface area contributed by atoms with Crippen LogP contribution in [0.1, 0.15) is 6.42 Å². The van der Waals surface area contributed by atoms with Crippen molar-refractivity contribution in [1.82, 2.24) is 5.32 Å². The van der Waals surface area contributed by atoms with Gasteiger partial charge in [-0.15, -0.1) is 0 Å². The van der Waals surface area contributed by atoms with Crippen molar-refractivity contribution in [3.8, 4) is 5.75 Å². The van der Waals surface area contributed by atoms with Crippen LogP contribution in [0.15, 0.2) is 24.3 Å². The summed E-state index contributed by atoms with van der Waals surface area (Å²) in [7, 11) is 1.66. The van der Waals surface area contributed by atoms with E-state index in [4.69, 9.17) is 9.84 Å². The molecule has 2 rings (SSSR count). The molecule has 1 aliphatic rings. The SMILES string of the molecule is COc1cccc(N2CCC(CNC(=O)CO)C2)c1. The van der Waals surface area contributed by atoms with E-state index in [-0.39, 0.29) is 5.91 Å². The van der Waals surface area contributed by atoms with E-state index in [1.165, 1.54) is 0 Å². The number of rotatable bonds is 5. The minimum absolute atomic E-state index is 0.306. The molecule has 5 nitrogen and oxygen atoms in total. The van der Waals surface area contributed by atoms with Crippen molar-refractivity contribution >= 4 is 11.6 Å². The summed E-state index contributed by atoms with van der Waals surface area (Å²) >= 11 is 0. The molecule has 19 heavy (non-hydrogen) atoms. The van der Waals surface area contributed by atoms with E-state index < -0.39 is 6.61 Å². The number of hydrogen-bond acceptors (Lipinski definition) is 4. The Labute approximate surface area is 113 Å². The molecule has 1 aromatic rings. The molecule has 1 unspecified atom stereocenters. The number of nitrogens with one attached hydrogen (secondary N) is 1. The second-order valence-electron chi connectivity index (χ2n) is 4.76. The number of carbonyl (C=O) groups excluding carboxylic acids is 1. The third-order valence-corrected chi connectivity index (χ3v) is 3.44. The van der Waals surface area contributed by atoms with Gasteiger partial charge in [0.15, 0.2) is 0 Å². The van der Waals surface area contributed by atoms with Gasteiger partial charge in [0.2, 0.25) is 5.91 Å². The molecule has 1 aliphatic heterocycles. The normalized spacial score (nSPS) is 18.4. The summed E-state index contributed by atoms with van der Waals surface area (Å²) in [5.74, 6) is 0.982. The Balaban J connectivity index is 1.88. The molecule has 0 bridgehead atoms. The Bertz CT molecular complexity index is 436. The fourth-order valence-corrected chi connectivity index (χ4v) is 2.36. The number of ether oxygens (including phenoxy) is 1. The van der Waals surface area contributed by atoms with Crippen molar-refractivity contribution in [2.45, 2.75) is 6.42 Å². The Morgan fingerprint density at radius 2 is 2.42 bits per heavy atom. The average Bonchev–Trinajstić information content (AvgIpc) is 2.93. The zero-order valence-corrected chi connectivity index (χ0v) is 11.1. The highest BCUT2D eigenvalue weighted by Crippen LogP contribution is 2.26. The highest BCUT2D eigenvalue weighted by atomic mass is 16.5. The molecule has 1 saturated heterocycles. The summed E-state index contributed by atoms with van der Waals surface area (Å²) in [5, 5.41) is 11.4. The number of carbonyl (C=O) groups is 1. The zero-order valence-electron chi connectivity index (χ0n) is 11.1. The van der Waals surface area contributed by atoms with Crippen LogP contribution in [-0.4, -0.2) is 44.4 Å². The smallest absolute Gasteiger partial charge is 0.245 e. The molecule has 1 fully saturated rings. The molecule has 1 amide bonds. The summed E-state index contributed by atoms with van der Waals surface area (Å²) in [6.45, 7) is 2.08. The maximum absolute atomic E-state index is 11.0. The predicted molar refractivity (Wildman–Crippen MR) is 73.4 cm³/mol. The van der Waals surface area contributed by atoms with Gasteiger partial charge in [-0.05, 0) is 24.5 Å². The highest BCUT2D eigenvalue weighted by Gasteiger charge is 2.23. The van der Waals surface area contributed by atoms with E-state index in [0.29, 0.717) is 12.5 Å². The van der Waals surface area contributed by atoms with Gasteiger partial charge < -0.3 is 20.1 Å². The third kappa shape index (κ3) is 3.61. The highest BCUT2D eigenvalue weighted by molar-refractivity contribution is 5.76. The Morgan fingerprint density at radius 3 is 3.16 bits per heavy atom. The average molecular weight is 264 g/mol. The summed E-state index contributed by atoms with van der Waals surface area (Å²) in [5.41, 5.74) is 1.15. The molecule has 2 N–H and O–H groups in total. The van der Waals surface area contributed by atoms with E-state index in [2.05, 4.69) is 16.3 Å². The van der Waals surface area contributed by atoms with Crippen molar-refractivity contribution < 1.29 is 14.6 Å². The van der Waals surface area contributed by atoms with Gasteiger partial charge in [0.1, 0.15) is 12.4 Å². The van der Waals surface area contributed by atoms with Crippen molar-refractivity contribution in [3.63, 3.8) is 0 Å². The molecule has 0 spiro atoms. The largest absolute Gasteiger partial charge is 0.497 e. The van der Waals surface area contributed by atoms with Gasteiger partial charge in [0, 0.05) is 31.4 Å². The summed E-state index contributed by atoms with van der Waals surface area (Å²) in [4.78, 5) is 13.3. The molecule has 0 saturated carbocycles. The quantitative estimate of drug-likeness (QED) is 0.819. The minimum Gasteiger partial charge on any atom is -0.497 e. The van der Waals surface area contributed by atoms with Crippen LogP contribution in [0.5, 0.6) is 5.75 Å². The van der Waals surface area contributed by atoms with Gasteiger partial charge in [0.25, 0.3) is 0 Å². The standard InChI is InChI=1S/C14H20N2O3/c1-19-13-4-2-3-12(7-13)16-6-5-11(9-16)8-15-14(18)10-17/h2-4,7,11,17H,5-6,8-10H2,1H3,(H,15,18). The van der Waals surface area contributed by atoms with Gasteiger partial charge in [-0.1, -0.05) is 6.07 Å². The van der Waals surface area contributed by atoms with Crippen molar-refractivity contribution in [2.24, 2.45) is 5.92 Å². The molecule has 1 aromatic carbocycles. The molecular weight excluding hydrogens is 244 g/mol.